The van der Waals surface area contributed by atoms with Crippen molar-refractivity contribution < 1.29 is 9.53 Å². The SMILES string of the molecule is Cn1nnnc1-c1cccc(-c2ccccc2OC(N)=O)c1. The van der Waals surface area contributed by atoms with Crippen LogP contribution < -0.4 is 10.5 Å². The van der Waals surface area contributed by atoms with Gasteiger partial charge in [0.15, 0.2) is 5.82 Å². The molecule has 0 saturated carbocycles. The Morgan fingerprint density at radius 1 is 1.14 bits per heavy atom. The van der Waals surface area contributed by atoms with Gasteiger partial charge < -0.3 is 10.5 Å². The standard InChI is InChI=1S/C15H13N5O2/c1-20-14(17-18-19-20)11-6-4-5-10(9-11)12-7-2-3-8-13(12)22-15(16)21/h2-9H,1H3,(H2,16,21). The molecule has 0 aliphatic rings. The van der Waals surface area contributed by atoms with Gasteiger partial charge in [0.05, 0.1) is 0 Å². The Morgan fingerprint density at radius 3 is 2.64 bits per heavy atom. The predicted molar refractivity (Wildman–Crippen MR) is 79.9 cm³/mol. The monoisotopic (exact) mass is 295 g/mol. The Morgan fingerprint density at radius 2 is 1.91 bits per heavy atom. The van der Waals surface area contributed by atoms with Gasteiger partial charge in [0.2, 0.25) is 0 Å². The Balaban J connectivity index is 2.07. The Labute approximate surface area is 126 Å². The van der Waals surface area contributed by atoms with Crippen LogP contribution in [0, 0.1) is 0 Å². The summed E-state index contributed by atoms with van der Waals surface area (Å²) < 4.78 is 6.64. The maximum atomic E-state index is 11.0. The van der Waals surface area contributed by atoms with E-state index in [1.54, 1.807) is 23.9 Å². The van der Waals surface area contributed by atoms with Crippen molar-refractivity contribution in [3.63, 3.8) is 0 Å². The molecular weight excluding hydrogens is 282 g/mol. The van der Waals surface area contributed by atoms with E-state index < -0.39 is 6.09 Å². The first-order chi connectivity index (χ1) is 10.6. The van der Waals surface area contributed by atoms with Crippen LogP contribution in [-0.2, 0) is 7.05 Å². The lowest BCUT2D eigenvalue weighted by Gasteiger charge is -2.09. The molecule has 0 atom stereocenters. The zero-order chi connectivity index (χ0) is 15.5. The van der Waals surface area contributed by atoms with Crippen molar-refractivity contribution in [2.24, 2.45) is 12.8 Å². The first kappa shape index (κ1) is 13.7. The van der Waals surface area contributed by atoms with E-state index >= 15 is 0 Å². The number of ether oxygens (including phenoxy) is 1. The molecule has 0 spiro atoms. The number of primary amides is 1. The molecule has 110 valence electrons. The molecule has 0 aliphatic heterocycles. The van der Waals surface area contributed by atoms with Crippen molar-refractivity contribution in [1.29, 1.82) is 0 Å². The number of benzene rings is 2. The quantitative estimate of drug-likeness (QED) is 0.797. The van der Waals surface area contributed by atoms with Gasteiger partial charge in [-0.2, -0.15) is 0 Å². The maximum Gasteiger partial charge on any atom is 0.409 e. The second-order valence-corrected chi connectivity index (χ2v) is 4.62. The number of hydrogen-bond acceptors (Lipinski definition) is 5. The smallest absolute Gasteiger partial charge is 0.409 e. The highest BCUT2D eigenvalue weighted by Crippen LogP contribution is 2.31. The summed E-state index contributed by atoms with van der Waals surface area (Å²) in [5.41, 5.74) is 7.60. The van der Waals surface area contributed by atoms with E-state index in [1.165, 1.54) is 0 Å². The highest BCUT2D eigenvalue weighted by molar-refractivity contribution is 5.78. The van der Waals surface area contributed by atoms with Crippen molar-refractivity contribution in [3.05, 3.63) is 48.5 Å². The third-order valence-corrected chi connectivity index (χ3v) is 3.15. The van der Waals surface area contributed by atoms with Crippen molar-refractivity contribution in [2.45, 2.75) is 0 Å². The Hall–Kier alpha value is -3.22. The van der Waals surface area contributed by atoms with Crippen LogP contribution in [0.4, 0.5) is 4.79 Å². The topological polar surface area (TPSA) is 95.9 Å². The van der Waals surface area contributed by atoms with Crippen LogP contribution in [0.15, 0.2) is 48.5 Å². The summed E-state index contributed by atoms with van der Waals surface area (Å²) in [5, 5.41) is 11.4. The minimum atomic E-state index is -0.846. The van der Waals surface area contributed by atoms with Gasteiger partial charge in [0.1, 0.15) is 5.75 Å². The second kappa shape index (κ2) is 5.65. The molecule has 7 nitrogen and oxygen atoms in total. The highest BCUT2D eigenvalue weighted by atomic mass is 16.5. The average Bonchev–Trinajstić information content (AvgIpc) is 2.93. The summed E-state index contributed by atoms with van der Waals surface area (Å²) in [5.74, 6) is 1.05. The van der Waals surface area contributed by atoms with Crippen LogP contribution >= 0.6 is 0 Å². The van der Waals surface area contributed by atoms with Gasteiger partial charge in [-0.3, -0.25) is 0 Å². The molecule has 1 aromatic heterocycles. The van der Waals surface area contributed by atoms with Gasteiger partial charge in [0, 0.05) is 18.2 Å². The molecule has 1 heterocycles. The number of para-hydroxylation sites is 1. The lowest BCUT2D eigenvalue weighted by Crippen LogP contribution is -2.16. The zero-order valence-corrected chi connectivity index (χ0v) is 11.8. The normalized spacial score (nSPS) is 10.4. The van der Waals surface area contributed by atoms with Crippen molar-refractivity contribution in [3.8, 4) is 28.3 Å². The van der Waals surface area contributed by atoms with Crippen LogP contribution in [0.3, 0.4) is 0 Å². The van der Waals surface area contributed by atoms with Gasteiger partial charge >= 0.3 is 6.09 Å². The molecule has 2 aromatic carbocycles. The fraction of sp³-hybridized carbons (Fsp3) is 0.0667. The van der Waals surface area contributed by atoms with Gasteiger partial charge in [0.25, 0.3) is 0 Å². The van der Waals surface area contributed by atoms with E-state index in [0.29, 0.717) is 11.6 Å². The lowest BCUT2D eigenvalue weighted by molar-refractivity contribution is 0.211. The first-order valence-corrected chi connectivity index (χ1v) is 6.54. The molecular formula is C15H13N5O2. The number of amides is 1. The van der Waals surface area contributed by atoms with Crippen LogP contribution in [0.5, 0.6) is 5.75 Å². The van der Waals surface area contributed by atoms with Crippen LogP contribution in [0.1, 0.15) is 0 Å². The van der Waals surface area contributed by atoms with E-state index in [-0.39, 0.29) is 0 Å². The van der Waals surface area contributed by atoms with E-state index in [0.717, 1.165) is 16.7 Å². The van der Waals surface area contributed by atoms with E-state index in [1.807, 2.05) is 36.4 Å². The number of carbonyl (C=O) groups excluding carboxylic acids is 1. The molecule has 0 aliphatic carbocycles. The number of nitrogens with two attached hydrogens (primary N) is 1. The molecule has 1 amide bonds. The largest absolute Gasteiger partial charge is 0.410 e. The van der Waals surface area contributed by atoms with E-state index in [2.05, 4.69) is 15.5 Å². The molecule has 22 heavy (non-hydrogen) atoms. The van der Waals surface area contributed by atoms with Crippen molar-refractivity contribution >= 4 is 6.09 Å². The third-order valence-electron chi connectivity index (χ3n) is 3.15. The summed E-state index contributed by atoms with van der Waals surface area (Å²) in [6.07, 6.45) is -0.846. The van der Waals surface area contributed by atoms with E-state index in [9.17, 15) is 4.79 Å². The molecule has 0 fully saturated rings. The number of nitrogens with zero attached hydrogens (tertiary/aromatic N) is 4. The van der Waals surface area contributed by atoms with Crippen LogP contribution in [0.25, 0.3) is 22.5 Å². The zero-order valence-electron chi connectivity index (χ0n) is 11.8. The minimum absolute atomic E-state index is 0.406. The number of hydrogen-bond donors (Lipinski definition) is 1. The molecule has 0 unspecified atom stereocenters. The average molecular weight is 295 g/mol. The third kappa shape index (κ3) is 2.64. The van der Waals surface area contributed by atoms with E-state index in [4.69, 9.17) is 10.5 Å². The molecule has 0 saturated heterocycles. The number of carbonyl (C=O) groups is 1. The second-order valence-electron chi connectivity index (χ2n) is 4.62. The van der Waals surface area contributed by atoms with Crippen molar-refractivity contribution in [1.82, 2.24) is 20.2 Å². The van der Waals surface area contributed by atoms with Crippen molar-refractivity contribution in [2.75, 3.05) is 0 Å². The molecule has 0 radical (unpaired) electrons. The Kier molecular flexibility index (Phi) is 3.53. The molecule has 2 N–H and O–H groups in total. The number of tetrazole rings is 1. The van der Waals surface area contributed by atoms with Gasteiger partial charge in [-0.05, 0) is 28.1 Å². The summed E-state index contributed by atoms with van der Waals surface area (Å²) in [7, 11) is 1.77. The number of rotatable bonds is 3. The number of aryl methyl sites for hydroxylation is 1. The maximum absolute atomic E-state index is 11.0. The van der Waals surface area contributed by atoms with Gasteiger partial charge in [-0.15, -0.1) is 5.10 Å². The summed E-state index contributed by atoms with van der Waals surface area (Å²) in [6.45, 7) is 0. The molecule has 3 aromatic rings. The number of aromatic nitrogens is 4. The van der Waals surface area contributed by atoms with Crippen LogP contribution in [-0.4, -0.2) is 26.3 Å². The molecule has 3 rings (SSSR count). The minimum Gasteiger partial charge on any atom is -0.410 e. The van der Waals surface area contributed by atoms with Gasteiger partial charge in [-0.25, -0.2) is 9.48 Å². The molecule has 7 heteroatoms. The summed E-state index contributed by atoms with van der Waals surface area (Å²) in [4.78, 5) is 11.0. The predicted octanol–water partition coefficient (Wildman–Crippen LogP) is 2.00. The Bertz CT molecular complexity index is 828. The fourth-order valence-corrected chi connectivity index (χ4v) is 2.20. The van der Waals surface area contributed by atoms with Gasteiger partial charge in [-0.1, -0.05) is 36.4 Å². The fourth-order valence-electron chi connectivity index (χ4n) is 2.20. The molecule has 0 bridgehead atoms. The first-order valence-electron chi connectivity index (χ1n) is 6.54. The lowest BCUT2D eigenvalue weighted by atomic mass is 10.0. The highest BCUT2D eigenvalue weighted by Gasteiger charge is 2.11. The summed E-state index contributed by atoms with van der Waals surface area (Å²) >= 11 is 0. The summed E-state index contributed by atoms with van der Waals surface area (Å²) in [6, 6.07) is 14.8. The van der Waals surface area contributed by atoms with Crippen LogP contribution in [0.2, 0.25) is 0 Å².